The number of hydrogen-bond acceptors (Lipinski definition) is 4. The summed E-state index contributed by atoms with van der Waals surface area (Å²) in [5.41, 5.74) is 6.90. The predicted octanol–water partition coefficient (Wildman–Crippen LogP) is 2.63. The number of hydrogen-bond donors (Lipinski definition) is 2. The van der Waals surface area contributed by atoms with Crippen molar-refractivity contribution in [1.29, 1.82) is 0 Å². The summed E-state index contributed by atoms with van der Waals surface area (Å²) in [6.07, 6.45) is 4.92. The van der Waals surface area contributed by atoms with Crippen LogP contribution in [0.3, 0.4) is 0 Å². The molecule has 0 aromatic carbocycles. The summed E-state index contributed by atoms with van der Waals surface area (Å²) in [6.45, 7) is 4.57. The van der Waals surface area contributed by atoms with Gasteiger partial charge < -0.3 is 11.1 Å². The van der Waals surface area contributed by atoms with Crippen LogP contribution in [0.4, 0.5) is 0 Å². The molecule has 0 aliphatic heterocycles. The zero-order valence-electron chi connectivity index (χ0n) is 11.4. The van der Waals surface area contributed by atoms with Crippen LogP contribution in [0.15, 0.2) is 11.7 Å². The molecule has 0 unspecified atom stereocenters. The molecule has 0 saturated heterocycles. The lowest BCUT2D eigenvalue weighted by Crippen LogP contribution is -2.48. The molecule has 4 nitrogen and oxygen atoms in total. The molecule has 0 radical (unpaired) electrons. The highest BCUT2D eigenvalue weighted by atomic mass is 32.1. The lowest BCUT2D eigenvalue weighted by molar-refractivity contribution is -0.128. The molecule has 0 atom stereocenters. The second-order valence-electron chi connectivity index (χ2n) is 4.60. The molecular formula is C13H21N3OS2. The Bertz CT molecular complexity index is 412. The van der Waals surface area contributed by atoms with E-state index in [0.717, 1.165) is 17.7 Å². The van der Waals surface area contributed by atoms with Crippen LogP contribution in [0.2, 0.25) is 0 Å². The maximum absolute atomic E-state index is 12.5. The maximum Gasteiger partial charge on any atom is 0.233 e. The molecule has 1 rings (SSSR count). The number of nitrogens with zero attached hydrogens (tertiary/aromatic N) is 1. The van der Waals surface area contributed by atoms with Gasteiger partial charge in [-0.05, 0) is 12.8 Å². The van der Waals surface area contributed by atoms with Gasteiger partial charge in [0.1, 0.15) is 0 Å². The highest BCUT2D eigenvalue weighted by Crippen LogP contribution is 2.31. The molecule has 0 saturated carbocycles. The zero-order chi connectivity index (χ0) is 14.3. The Labute approximate surface area is 123 Å². The van der Waals surface area contributed by atoms with E-state index < -0.39 is 5.41 Å². The second kappa shape index (κ2) is 7.55. The number of amides is 1. The lowest BCUT2D eigenvalue weighted by atomic mass is 9.78. The quantitative estimate of drug-likeness (QED) is 0.724. The number of thiazole rings is 1. The van der Waals surface area contributed by atoms with Gasteiger partial charge >= 0.3 is 0 Å². The molecule has 19 heavy (non-hydrogen) atoms. The average molecular weight is 299 g/mol. The second-order valence-corrected chi connectivity index (χ2v) is 6.01. The zero-order valence-corrected chi connectivity index (χ0v) is 13.1. The minimum atomic E-state index is -0.705. The fourth-order valence-corrected chi connectivity index (χ4v) is 3.06. The van der Waals surface area contributed by atoms with Crippen molar-refractivity contribution < 1.29 is 4.79 Å². The SMILES string of the molecule is CCCC(CCC)(C(=O)NCc1cncs1)C(N)=S. The van der Waals surface area contributed by atoms with Crippen LogP contribution in [-0.4, -0.2) is 15.9 Å². The highest BCUT2D eigenvalue weighted by molar-refractivity contribution is 7.80. The van der Waals surface area contributed by atoms with E-state index in [9.17, 15) is 4.79 Å². The molecule has 0 bridgehead atoms. The normalized spacial score (nSPS) is 11.3. The van der Waals surface area contributed by atoms with Crippen LogP contribution < -0.4 is 11.1 Å². The summed E-state index contributed by atoms with van der Waals surface area (Å²) >= 11 is 6.68. The molecule has 6 heteroatoms. The first-order valence-corrected chi connectivity index (χ1v) is 7.81. The smallest absolute Gasteiger partial charge is 0.233 e. The third-order valence-electron chi connectivity index (χ3n) is 3.17. The Balaban J connectivity index is 2.77. The molecule has 0 aliphatic carbocycles. The van der Waals surface area contributed by atoms with Crippen molar-refractivity contribution in [2.75, 3.05) is 0 Å². The molecule has 0 fully saturated rings. The Kier molecular flexibility index (Phi) is 6.37. The Morgan fingerprint density at radius 1 is 1.47 bits per heavy atom. The lowest BCUT2D eigenvalue weighted by Gasteiger charge is -2.30. The van der Waals surface area contributed by atoms with Gasteiger partial charge in [-0.3, -0.25) is 9.78 Å². The van der Waals surface area contributed by atoms with E-state index in [2.05, 4.69) is 10.3 Å². The Hall–Kier alpha value is -1.01. The summed E-state index contributed by atoms with van der Waals surface area (Å²) in [4.78, 5) is 17.8. The number of nitrogens with two attached hydrogens (primary N) is 1. The van der Waals surface area contributed by atoms with Crippen molar-refractivity contribution >= 4 is 34.5 Å². The van der Waals surface area contributed by atoms with Gasteiger partial charge in [0.25, 0.3) is 0 Å². The van der Waals surface area contributed by atoms with Gasteiger partial charge in [0, 0.05) is 11.1 Å². The summed E-state index contributed by atoms with van der Waals surface area (Å²) in [5, 5.41) is 2.94. The first-order chi connectivity index (χ1) is 9.06. The van der Waals surface area contributed by atoms with Gasteiger partial charge in [-0.15, -0.1) is 11.3 Å². The van der Waals surface area contributed by atoms with Gasteiger partial charge in [0.2, 0.25) is 5.91 Å². The molecule has 0 aliphatic rings. The summed E-state index contributed by atoms with van der Waals surface area (Å²) in [5.74, 6) is -0.0582. The molecule has 0 spiro atoms. The third-order valence-corrected chi connectivity index (χ3v) is 4.34. The molecule has 1 aromatic rings. The maximum atomic E-state index is 12.5. The fraction of sp³-hybridized carbons (Fsp3) is 0.615. The molecule has 1 aromatic heterocycles. The fourth-order valence-electron chi connectivity index (χ4n) is 2.23. The number of aromatic nitrogens is 1. The van der Waals surface area contributed by atoms with E-state index in [4.69, 9.17) is 18.0 Å². The Morgan fingerprint density at radius 3 is 2.53 bits per heavy atom. The topological polar surface area (TPSA) is 68.0 Å². The van der Waals surface area contributed by atoms with Crippen LogP contribution in [0, 0.1) is 5.41 Å². The highest BCUT2D eigenvalue weighted by Gasteiger charge is 2.39. The number of carbonyl (C=O) groups excluding carboxylic acids is 1. The van der Waals surface area contributed by atoms with E-state index in [1.54, 1.807) is 11.7 Å². The van der Waals surface area contributed by atoms with Crippen molar-refractivity contribution in [1.82, 2.24) is 10.3 Å². The molecule has 3 N–H and O–H groups in total. The van der Waals surface area contributed by atoms with E-state index >= 15 is 0 Å². The number of rotatable bonds is 8. The van der Waals surface area contributed by atoms with Crippen molar-refractivity contribution in [3.8, 4) is 0 Å². The number of carbonyl (C=O) groups is 1. The van der Waals surface area contributed by atoms with Gasteiger partial charge in [0.05, 0.1) is 22.5 Å². The van der Waals surface area contributed by atoms with Crippen LogP contribution >= 0.6 is 23.6 Å². The molecular weight excluding hydrogens is 278 g/mol. The van der Waals surface area contributed by atoms with Crippen molar-refractivity contribution in [3.05, 3.63) is 16.6 Å². The molecule has 1 heterocycles. The first kappa shape index (κ1) is 16.0. The van der Waals surface area contributed by atoms with E-state index in [1.165, 1.54) is 11.3 Å². The van der Waals surface area contributed by atoms with Gasteiger partial charge in [0.15, 0.2) is 0 Å². The Morgan fingerprint density at radius 2 is 2.11 bits per heavy atom. The third kappa shape index (κ3) is 3.98. The van der Waals surface area contributed by atoms with E-state index in [-0.39, 0.29) is 5.91 Å². The van der Waals surface area contributed by atoms with E-state index in [0.29, 0.717) is 24.4 Å². The van der Waals surface area contributed by atoms with Gasteiger partial charge in [-0.2, -0.15) is 0 Å². The molecule has 106 valence electrons. The van der Waals surface area contributed by atoms with E-state index in [1.807, 2.05) is 13.8 Å². The molecule has 1 amide bonds. The van der Waals surface area contributed by atoms with Gasteiger partial charge in [-0.1, -0.05) is 38.9 Å². The average Bonchev–Trinajstić information content (AvgIpc) is 2.88. The number of thiocarbonyl (C=S) groups is 1. The van der Waals surface area contributed by atoms with Crippen LogP contribution in [0.5, 0.6) is 0 Å². The largest absolute Gasteiger partial charge is 0.392 e. The summed E-state index contributed by atoms with van der Waals surface area (Å²) in [7, 11) is 0. The van der Waals surface area contributed by atoms with Crippen LogP contribution in [0.1, 0.15) is 44.4 Å². The predicted molar refractivity (Wildman–Crippen MR) is 83.0 cm³/mol. The summed E-state index contributed by atoms with van der Waals surface area (Å²) < 4.78 is 0. The first-order valence-electron chi connectivity index (χ1n) is 6.52. The minimum Gasteiger partial charge on any atom is -0.392 e. The van der Waals surface area contributed by atoms with Crippen LogP contribution in [0.25, 0.3) is 0 Å². The van der Waals surface area contributed by atoms with Crippen molar-refractivity contribution in [2.24, 2.45) is 11.1 Å². The van der Waals surface area contributed by atoms with Crippen molar-refractivity contribution in [2.45, 2.75) is 46.1 Å². The standard InChI is InChI=1S/C13H21N3OS2/c1-3-5-13(6-4-2,11(14)18)12(17)16-8-10-7-15-9-19-10/h7,9H,3-6,8H2,1-2H3,(H2,14,18)(H,16,17). The minimum absolute atomic E-state index is 0.0582. The number of nitrogens with one attached hydrogen (secondary N) is 1. The van der Waals surface area contributed by atoms with Gasteiger partial charge in [-0.25, -0.2) is 0 Å². The van der Waals surface area contributed by atoms with Crippen molar-refractivity contribution in [3.63, 3.8) is 0 Å². The summed E-state index contributed by atoms with van der Waals surface area (Å²) in [6, 6.07) is 0. The van der Waals surface area contributed by atoms with Crippen LogP contribution in [-0.2, 0) is 11.3 Å². The monoisotopic (exact) mass is 299 g/mol.